The molecule has 0 saturated carbocycles. The average Bonchev–Trinajstić information content (AvgIpc) is 2.83. The van der Waals surface area contributed by atoms with Gasteiger partial charge in [0.1, 0.15) is 18.1 Å². The molecule has 0 radical (unpaired) electrons. The molecule has 0 aromatic heterocycles. The Morgan fingerprint density at radius 2 is 1.67 bits per heavy atom. The number of benzene rings is 2. The molecule has 0 aliphatic rings. The second-order valence-corrected chi connectivity index (χ2v) is 8.08. The molecule has 2 aromatic carbocycles. The van der Waals surface area contributed by atoms with Gasteiger partial charge in [0.15, 0.2) is 0 Å². The van der Waals surface area contributed by atoms with Gasteiger partial charge in [0.2, 0.25) is 0 Å². The summed E-state index contributed by atoms with van der Waals surface area (Å²) in [7, 11) is 0. The lowest BCUT2D eigenvalue weighted by Gasteiger charge is -2.12. The fourth-order valence-electron chi connectivity index (χ4n) is 3.36. The summed E-state index contributed by atoms with van der Waals surface area (Å²) in [6, 6.07) is 15.4. The van der Waals surface area contributed by atoms with Crippen molar-refractivity contribution in [2.45, 2.75) is 71.5 Å². The molecule has 5 heteroatoms. The number of hydrogen-bond donors (Lipinski definition) is 1. The molecule has 0 aliphatic heterocycles. The van der Waals surface area contributed by atoms with Gasteiger partial charge < -0.3 is 19.3 Å². The lowest BCUT2D eigenvalue weighted by atomic mass is 10.1. The Kier molecular flexibility index (Phi) is 12.8. The number of hydrogen-bond acceptors (Lipinski definition) is 5. The summed E-state index contributed by atoms with van der Waals surface area (Å²) >= 11 is 0. The average molecular weight is 455 g/mol. The molecule has 180 valence electrons. The fourth-order valence-corrected chi connectivity index (χ4v) is 3.36. The van der Waals surface area contributed by atoms with E-state index in [2.05, 4.69) is 6.92 Å². The van der Waals surface area contributed by atoms with Crippen LogP contribution in [0, 0.1) is 0 Å². The molecule has 1 N–H and O–H groups in total. The van der Waals surface area contributed by atoms with Gasteiger partial charge in [-0.1, -0.05) is 62.9 Å². The Balaban J connectivity index is 1.70. The quantitative estimate of drug-likeness (QED) is 0.182. The van der Waals surface area contributed by atoms with E-state index in [4.69, 9.17) is 14.2 Å². The maximum absolute atomic E-state index is 11.4. The molecular formula is C28H38O5. The van der Waals surface area contributed by atoms with Crippen LogP contribution in [0.4, 0.5) is 0 Å². The van der Waals surface area contributed by atoms with Gasteiger partial charge in [-0.3, -0.25) is 0 Å². The molecule has 2 rings (SSSR count). The molecule has 0 saturated heterocycles. The van der Waals surface area contributed by atoms with E-state index in [-0.39, 0.29) is 12.1 Å². The lowest BCUT2D eigenvalue weighted by Crippen LogP contribution is -2.09. The third kappa shape index (κ3) is 11.6. The smallest absolute Gasteiger partial charge is 0.330 e. The van der Waals surface area contributed by atoms with E-state index in [0.717, 1.165) is 48.3 Å². The van der Waals surface area contributed by atoms with Crippen LogP contribution in [0.15, 0.2) is 54.6 Å². The predicted molar refractivity (Wildman–Crippen MR) is 132 cm³/mol. The van der Waals surface area contributed by atoms with Crippen LogP contribution in [-0.2, 0) is 16.1 Å². The first kappa shape index (κ1) is 26.5. The molecule has 0 aliphatic carbocycles. The van der Waals surface area contributed by atoms with Gasteiger partial charge >= 0.3 is 5.97 Å². The van der Waals surface area contributed by atoms with Crippen LogP contribution in [0.1, 0.15) is 69.9 Å². The van der Waals surface area contributed by atoms with Crippen molar-refractivity contribution < 1.29 is 24.1 Å². The molecule has 1 atom stereocenters. The van der Waals surface area contributed by atoms with Crippen LogP contribution in [0.5, 0.6) is 11.5 Å². The minimum Gasteiger partial charge on any atom is -0.493 e. The van der Waals surface area contributed by atoms with Crippen LogP contribution in [-0.4, -0.2) is 30.4 Å². The maximum Gasteiger partial charge on any atom is 0.330 e. The number of unbranched alkanes of at least 4 members (excludes halogenated alkanes) is 3. The van der Waals surface area contributed by atoms with Crippen LogP contribution < -0.4 is 9.47 Å². The Morgan fingerprint density at radius 1 is 0.939 bits per heavy atom. The first-order valence-electron chi connectivity index (χ1n) is 12.1. The Hall–Kier alpha value is -2.79. The van der Waals surface area contributed by atoms with E-state index in [1.807, 2.05) is 48.5 Å². The minimum atomic E-state index is -0.342. The summed E-state index contributed by atoms with van der Waals surface area (Å²) < 4.78 is 16.6. The van der Waals surface area contributed by atoms with E-state index < -0.39 is 0 Å². The number of ether oxygens (including phenoxy) is 3. The predicted octanol–water partition coefficient (Wildman–Crippen LogP) is 6.33. The standard InChI is InChI=1S/C28H38O5/c1-3-5-6-7-10-25(29)11-9-20-32-26-12-8-13-27(21-26)33-22-24-16-14-23(15-17-24)18-19-28(30)31-4-2/h8,12-19,21,25,29H,3-7,9-11,20,22H2,1-2H3. The highest BCUT2D eigenvalue weighted by Gasteiger charge is 2.05. The minimum absolute atomic E-state index is 0.229. The van der Waals surface area contributed by atoms with Gasteiger partial charge in [-0.05, 0) is 55.5 Å². The molecule has 2 aromatic rings. The highest BCUT2D eigenvalue weighted by Crippen LogP contribution is 2.21. The summed E-state index contributed by atoms with van der Waals surface area (Å²) in [4.78, 5) is 11.4. The highest BCUT2D eigenvalue weighted by molar-refractivity contribution is 5.87. The molecule has 0 spiro atoms. The number of carbonyl (C=O) groups is 1. The van der Waals surface area contributed by atoms with E-state index in [1.54, 1.807) is 13.0 Å². The van der Waals surface area contributed by atoms with Crippen LogP contribution in [0.3, 0.4) is 0 Å². The van der Waals surface area contributed by atoms with Crippen molar-refractivity contribution in [2.75, 3.05) is 13.2 Å². The van der Waals surface area contributed by atoms with Crippen molar-refractivity contribution in [1.82, 2.24) is 0 Å². The fraction of sp³-hybridized carbons (Fsp3) is 0.464. The van der Waals surface area contributed by atoms with Crippen molar-refractivity contribution in [3.05, 3.63) is 65.7 Å². The molecule has 1 unspecified atom stereocenters. The zero-order valence-corrected chi connectivity index (χ0v) is 20.0. The van der Waals surface area contributed by atoms with Crippen LogP contribution in [0.2, 0.25) is 0 Å². The summed E-state index contributed by atoms with van der Waals surface area (Å²) in [5, 5.41) is 10.1. The van der Waals surface area contributed by atoms with Crippen molar-refractivity contribution in [3.8, 4) is 11.5 Å². The Labute approximate surface area is 198 Å². The Bertz CT molecular complexity index is 828. The third-order valence-corrected chi connectivity index (χ3v) is 5.23. The van der Waals surface area contributed by atoms with E-state index in [9.17, 15) is 9.90 Å². The van der Waals surface area contributed by atoms with Gasteiger partial charge in [0.05, 0.1) is 19.3 Å². The Morgan fingerprint density at radius 3 is 2.39 bits per heavy atom. The largest absolute Gasteiger partial charge is 0.493 e. The number of esters is 1. The van der Waals surface area contributed by atoms with Crippen molar-refractivity contribution >= 4 is 12.0 Å². The lowest BCUT2D eigenvalue weighted by molar-refractivity contribution is -0.137. The number of carbonyl (C=O) groups excluding carboxylic acids is 1. The molecule has 0 heterocycles. The SMILES string of the molecule is CCCCCCC(O)CCCOc1cccc(OCc2ccc(C=CC(=O)OCC)cc2)c1. The summed E-state index contributed by atoms with van der Waals surface area (Å²) in [6.45, 7) is 5.37. The van der Waals surface area contributed by atoms with Crippen molar-refractivity contribution in [2.24, 2.45) is 0 Å². The first-order valence-corrected chi connectivity index (χ1v) is 12.1. The van der Waals surface area contributed by atoms with E-state index in [1.165, 1.54) is 25.3 Å². The second kappa shape index (κ2) is 15.9. The molecule has 0 bridgehead atoms. The zero-order chi connectivity index (χ0) is 23.7. The van der Waals surface area contributed by atoms with Gasteiger partial charge in [-0.25, -0.2) is 4.79 Å². The van der Waals surface area contributed by atoms with Crippen LogP contribution >= 0.6 is 0 Å². The molecule has 0 amide bonds. The highest BCUT2D eigenvalue weighted by atomic mass is 16.5. The van der Waals surface area contributed by atoms with Gasteiger partial charge in [-0.15, -0.1) is 0 Å². The topological polar surface area (TPSA) is 65.0 Å². The van der Waals surface area contributed by atoms with E-state index in [0.29, 0.717) is 19.8 Å². The molecule has 33 heavy (non-hydrogen) atoms. The summed E-state index contributed by atoms with van der Waals surface area (Å²) in [5.74, 6) is 1.17. The van der Waals surface area contributed by atoms with E-state index >= 15 is 0 Å². The first-order chi connectivity index (χ1) is 16.1. The molecule has 0 fully saturated rings. The molecule has 5 nitrogen and oxygen atoms in total. The number of aliphatic hydroxyl groups is 1. The zero-order valence-electron chi connectivity index (χ0n) is 20.0. The summed E-state index contributed by atoms with van der Waals surface area (Å²) in [6.07, 6.45) is 10.2. The van der Waals surface area contributed by atoms with Crippen LogP contribution in [0.25, 0.3) is 6.08 Å². The van der Waals surface area contributed by atoms with Gasteiger partial charge in [0, 0.05) is 12.1 Å². The number of rotatable bonds is 16. The molecular weight excluding hydrogens is 416 g/mol. The van der Waals surface area contributed by atoms with Gasteiger partial charge in [0.25, 0.3) is 0 Å². The van der Waals surface area contributed by atoms with Crippen molar-refractivity contribution in [3.63, 3.8) is 0 Å². The normalized spacial score (nSPS) is 12.0. The van der Waals surface area contributed by atoms with Crippen molar-refractivity contribution in [1.29, 1.82) is 0 Å². The maximum atomic E-state index is 11.4. The second-order valence-electron chi connectivity index (χ2n) is 8.08. The monoisotopic (exact) mass is 454 g/mol. The van der Waals surface area contributed by atoms with Gasteiger partial charge in [-0.2, -0.15) is 0 Å². The number of aliphatic hydroxyl groups excluding tert-OH is 1. The third-order valence-electron chi connectivity index (χ3n) is 5.23. The summed E-state index contributed by atoms with van der Waals surface area (Å²) in [5.41, 5.74) is 1.95.